The minimum absolute atomic E-state index is 0.0639. The van der Waals surface area contributed by atoms with E-state index in [0.717, 1.165) is 11.8 Å². The number of hydrogen-bond acceptors (Lipinski definition) is 7. The Morgan fingerprint density at radius 3 is 2.62 bits per heavy atom. The zero-order valence-electron chi connectivity index (χ0n) is 13.3. The third-order valence-electron chi connectivity index (χ3n) is 3.29. The fourth-order valence-corrected chi connectivity index (χ4v) is 2.98. The van der Waals surface area contributed by atoms with E-state index in [2.05, 4.69) is 10.2 Å². The van der Waals surface area contributed by atoms with Crippen molar-refractivity contribution in [1.29, 1.82) is 0 Å². The zero-order chi connectivity index (χ0) is 18.7. The predicted molar refractivity (Wildman–Crippen MR) is 94.6 cm³/mol. The second-order valence-electron chi connectivity index (χ2n) is 5.11. The Bertz CT molecular complexity index is 975. The summed E-state index contributed by atoms with van der Waals surface area (Å²) in [5.74, 6) is -0.412. The molecule has 0 spiro atoms. The number of carbonyl (C=O) groups is 1. The number of halogens is 1. The molecule has 0 amide bonds. The summed E-state index contributed by atoms with van der Waals surface area (Å²) in [6.45, 7) is 0. The van der Waals surface area contributed by atoms with Gasteiger partial charge in [0, 0.05) is 18.1 Å². The summed E-state index contributed by atoms with van der Waals surface area (Å²) in [6.07, 6.45) is 1.49. The molecule has 3 aromatic rings. The van der Waals surface area contributed by atoms with Gasteiger partial charge >= 0.3 is 5.97 Å². The molecule has 0 bridgehead atoms. The highest BCUT2D eigenvalue weighted by Gasteiger charge is 2.21. The van der Waals surface area contributed by atoms with Crippen molar-refractivity contribution in [2.75, 3.05) is 0 Å². The van der Waals surface area contributed by atoms with Crippen molar-refractivity contribution in [3.8, 4) is 5.75 Å². The molecule has 0 aliphatic rings. The van der Waals surface area contributed by atoms with Crippen LogP contribution in [0.3, 0.4) is 0 Å². The Kier molecular flexibility index (Phi) is 5.19. The predicted octanol–water partition coefficient (Wildman–Crippen LogP) is 3.75. The molecule has 0 atom stereocenters. The average Bonchev–Trinajstić information content (AvgIpc) is 3.02. The van der Waals surface area contributed by atoms with Crippen LogP contribution in [0, 0.1) is 10.1 Å². The molecule has 1 aromatic heterocycles. The van der Waals surface area contributed by atoms with Crippen LogP contribution >= 0.6 is 23.4 Å². The van der Waals surface area contributed by atoms with Gasteiger partial charge in [-0.25, -0.2) is 4.79 Å². The molecule has 0 radical (unpaired) electrons. The van der Waals surface area contributed by atoms with Gasteiger partial charge in [0.05, 0.1) is 15.4 Å². The van der Waals surface area contributed by atoms with Gasteiger partial charge in [-0.15, -0.1) is 10.2 Å². The van der Waals surface area contributed by atoms with Crippen molar-refractivity contribution in [2.45, 2.75) is 10.1 Å². The Morgan fingerprint density at radius 2 is 2.00 bits per heavy atom. The lowest BCUT2D eigenvalue weighted by Crippen LogP contribution is -2.09. The number of nitro benzene ring substituents is 1. The van der Waals surface area contributed by atoms with Crippen LogP contribution in [0.1, 0.15) is 10.4 Å². The zero-order valence-corrected chi connectivity index (χ0v) is 14.9. The first-order valence-electron chi connectivity index (χ1n) is 7.22. The topological polar surface area (TPSA) is 100 Å². The highest BCUT2D eigenvalue weighted by atomic mass is 35.5. The van der Waals surface area contributed by atoms with Gasteiger partial charge in [0.2, 0.25) is 0 Å². The summed E-state index contributed by atoms with van der Waals surface area (Å²) in [7, 11) is 1.73. The fourth-order valence-electron chi connectivity index (χ4n) is 2.01. The van der Waals surface area contributed by atoms with Crippen LogP contribution in [0.25, 0.3) is 0 Å². The molecule has 10 heteroatoms. The van der Waals surface area contributed by atoms with E-state index in [1.807, 2.05) is 0 Å². The highest BCUT2D eigenvalue weighted by molar-refractivity contribution is 7.99. The van der Waals surface area contributed by atoms with Gasteiger partial charge in [-0.2, -0.15) is 0 Å². The largest absolute Gasteiger partial charge is 0.423 e. The van der Waals surface area contributed by atoms with Crippen LogP contribution in [-0.4, -0.2) is 25.7 Å². The molecule has 0 saturated carbocycles. The van der Waals surface area contributed by atoms with Crippen molar-refractivity contribution in [1.82, 2.24) is 14.8 Å². The van der Waals surface area contributed by atoms with E-state index in [1.54, 1.807) is 23.7 Å². The Labute approximate surface area is 156 Å². The van der Waals surface area contributed by atoms with Gasteiger partial charge in [0.1, 0.15) is 12.1 Å². The monoisotopic (exact) mass is 390 g/mol. The fraction of sp³-hybridized carbons (Fsp3) is 0.0625. The molecule has 0 N–H and O–H groups in total. The van der Waals surface area contributed by atoms with Crippen LogP contribution in [0.5, 0.6) is 5.75 Å². The smallest absolute Gasteiger partial charge is 0.343 e. The standard InChI is InChI=1S/C16H11ClN4O4S/c1-20-9-18-19-16(20)26-14-7-2-10(8-13(14)21(23)24)15(22)25-12-5-3-11(17)4-6-12/h2-9H,1H3. The quantitative estimate of drug-likeness (QED) is 0.283. The van der Waals surface area contributed by atoms with Crippen LogP contribution < -0.4 is 4.74 Å². The maximum absolute atomic E-state index is 12.2. The van der Waals surface area contributed by atoms with Crippen LogP contribution in [-0.2, 0) is 7.05 Å². The van der Waals surface area contributed by atoms with E-state index in [4.69, 9.17) is 16.3 Å². The number of nitro groups is 1. The van der Waals surface area contributed by atoms with Crippen LogP contribution in [0.4, 0.5) is 5.69 Å². The number of carbonyl (C=O) groups excluding carboxylic acids is 1. The summed E-state index contributed by atoms with van der Waals surface area (Å²) in [4.78, 5) is 23.4. The van der Waals surface area contributed by atoms with Crippen molar-refractivity contribution >= 4 is 35.0 Å². The van der Waals surface area contributed by atoms with Crippen LogP contribution in [0.15, 0.2) is 58.8 Å². The molecule has 0 aliphatic carbocycles. The summed E-state index contributed by atoms with van der Waals surface area (Å²) < 4.78 is 6.84. The molecule has 0 aliphatic heterocycles. The highest BCUT2D eigenvalue weighted by Crippen LogP contribution is 2.34. The van der Waals surface area contributed by atoms with Crippen molar-refractivity contribution in [2.24, 2.45) is 7.05 Å². The summed E-state index contributed by atoms with van der Waals surface area (Å²) in [6, 6.07) is 10.3. The SMILES string of the molecule is Cn1cnnc1Sc1ccc(C(=O)Oc2ccc(Cl)cc2)cc1[N+](=O)[O-]. The maximum atomic E-state index is 12.2. The number of benzene rings is 2. The second kappa shape index (κ2) is 7.54. The number of nitrogens with zero attached hydrogens (tertiary/aromatic N) is 4. The lowest BCUT2D eigenvalue weighted by Gasteiger charge is -2.06. The second-order valence-corrected chi connectivity index (χ2v) is 6.56. The van der Waals surface area contributed by atoms with Gasteiger partial charge in [0.25, 0.3) is 5.69 Å². The third kappa shape index (κ3) is 4.01. The minimum atomic E-state index is -0.703. The lowest BCUT2D eigenvalue weighted by atomic mass is 10.2. The molecule has 132 valence electrons. The molecule has 0 unspecified atom stereocenters. The van der Waals surface area contributed by atoms with Gasteiger partial charge in [-0.3, -0.25) is 10.1 Å². The molecule has 0 fully saturated rings. The van der Waals surface area contributed by atoms with E-state index in [9.17, 15) is 14.9 Å². The first kappa shape index (κ1) is 17.9. The molecule has 0 saturated heterocycles. The van der Waals surface area contributed by atoms with E-state index < -0.39 is 10.9 Å². The number of hydrogen-bond donors (Lipinski definition) is 0. The number of aromatic nitrogens is 3. The Morgan fingerprint density at radius 1 is 1.27 bits per heavy atom. The molecular formula is C16H11ClN4O4S. The minimum Gasteiger partial charge on any atom is -0.423 e. The molecular weight excluding hydrogens is 380 g/mol. The van der Waals surface area contributed by atoms with Gasteiger partial charge < -0.3 is 9.30 Å². The van der Waals surface area contributed by atoms with E-state index in [-0.39, 0.29) is 11.3 Å². The van der Waals surface area contributed by atoms with E-state index >= 15 is 0 Å². The van der Waals surface area contributed by atoms with E-state index in [1.165, 1.54) is 36.7 Å². The summed E-state index contributed by atoms with van der Waals surface area (Å²) in [5.41, 5.74) is -0.155. The maximum Gasteiger partial charge on any atom is 0.343 e. The number of esters is 1. The molecule has 1 heterocycles. The molecule has 3 rings (SSSR count). The first-order valence-corrected chi connectivity index (χ1v) is 8.41. The van der Waals surface area contributed by atoms with Crippen molar-refractivity contribution in [3.63, 3.8) is 0 Å². The van der Waals surface area contributed by atoms with E-state index in [0.29, 0.717) is 20.8 Å². The van der Waals surface area contributed by atoms with Crippen molar-refractivity contribution in [3.05, 3.63) is 69.5 Å². The summed E-state index contributed by atoms with van der Waals surface area (Å²) >= 11 is 6.86. The Hall–Kier alpha value is -2.91. The summed E-state index contributed by atoms with van der Waals surface area (Å²) in [5, 5.41) is 20.0. The normalized spacial score (nSPS) is 10.5. The number of rotatable bonds is 5. The average molecular weight is 391 g/mol. The van der Waals surface area contributed by atoms with Gasteiger partial charge in [0.15, 0.2) is 5.16 Å². The third-order valence-corrected chi connectivity index (χ3v) is 4.66. The molecule has 2 aromatic carbocycles. The van der Waals surface area contributed by atoms with Gasteiger partial charge in [-0.1, -0.05) is 11.6 Å². The molecule has 26 heavy (non-hydrogen) atoms. The Balaban J connectivity index is 1.85. The first-order chi connectivity index (χ1) is 12.4. The van der Waals surface area contributed by atoms with Crippen molar-refractivity contribution < 1.29 is 14.5 Å². The number of aryl methyl sites for hydroxylation is 1. The van der Waals surface area contributed by atoms with Crippen LogP contribution in [0.2, 0.25) is 5.02 Å². The lowest BCUT2D eigenvalue weighted by molar-refractivity contribution is -0.387. The number of ether oxygens (including phenoxy) is 1. The molecule has 8 nitrogen and oxygen atoms in total. The van der Waals surface area contributed by atoms with Gasteiger partial charge in [-0.05, 0) is 48.2 Å².